The molecule has 2 nitrogen and oxygen atoms in total. The van der Waals surface area contributed by atoms with Gasteiger partial charge in [0.2, 0.25) is 0 Å². The molecule has 0 bridgehead atoms. The van der Waals surface area contributed by atoms with Gasteiger partial charge in [-0.2, -0.15) is 0 Å². The topological polar surface area (TPSA) is 18.5 Å². The number of hydrogen-bond acceptors (Lipinski definition) is 2. The van der Waals surface area contributed by atoms with Crippen molar-refractivity contribution in [3.8, 4) is 0 Å². The molecule has 0 aromatic rings. The minimum absolute atomic E-state index is 0.316. The number of ether oxygens (including phenoxy) is 2. The minimum Gasteiger partial charge on any atom is -0.378 e. The van der Waals surface area contributed by atoms with Crippen LogP contribution in [0.5, 0.6) is 0 Å². The van der Waals surface area contributed by atoms with E-state index in [4.69, 9.17) is 9.47 Å². The van der Waals surface area contributed by atoms with Crippen molar-refractivity contribution in [1.29, 1.82) is 0 Å². The Morgan fingerprint density at radius 3 is 2.08 bits per heavy atom. The molecule has 0 atom stereocenters. The van der Waals surface area contributed by atoms with Crippen LogP contribution in [0.1, 0.15) is 34.1 Å². The molecule has 0 rings (SSSR count). The number of hydrogen-bond donors (Lipinski definition) is 0. The molecule has 2 heteroatoms. The largest absolute Gasteiger partial charge is 0.378 e. The van der Waals surface area contributed by atoms with Crippen LogP contribution in [0.2, 0.25) is 0 Å². The van der Waals surface area contributed by atoms with Crippen LogP contribution in [0, 0.1) is 0 Å². The fourth-order valence-electron chi connectivity index (χ4n) is 0.806. The van der Waals surface area contributed by atoms with Crippen LogP contribution in [0.4, 0.5) is 0 Å². The molecule has 0 radical (unpaired) electrons. The second-order valence-electron chi connectivity index (χ2n) is 3.56. The Bertz CT molecular complexity index is 128. The fourth-order valence-corrected chi connectivity index (χ4v) is 0.806. The van der Waals surface area contributed by atoms with Crippen LogP contribution in [0.3, 0.4) is 0 Å². The van der Waals surface area contributed by atoms with Gasteiger partial charge in [-0.1, -0.05) is 12.2 Å². The summed E-state index contributed by atoms with van der Waals surface area (Å²) in [4.78, 5) is 0. The molecule has 0 aliphatic heterocycles. The molecule has 0 saturated heterocycles. The highest BCUT2D eigenvalue weighted by Crippen LogP contribution is 1.92. The number of rotatable bonds is 7. The molecule has 0 aromatic carbocycles. The summed E-state index contributed by atoms with van der Waals surface area (Å²) < 4.78 is 10.7. The van der Waals surface area contributed by atoms with Crippen molar-refractivity contribution in [3.05, 3.63) is 12.2 Å². The summed E-state index contributed by atoms with van der Waals surface area (Å²) in [7, 11) is 0. The van der Waals surface area contributed by atoms with Crippen molar-refractivity contribution < 1.29 is 9.47 Å². The molecule has 0 spiro atoms. The lowest BCUT2D eigenvalue weighted by Gasteiger charge is -2.05. The van der Waals surface area contributed by atoms with Gasteiger partial charge in [-0.05, 0) is 34.1 Å². The molecular formula is C11H22O2. The van der Waals surface area contributed by atoms with Gasteiger partial charge in [0.15, 0.2) is 0 Å². The standard InChI is InChI=1S/C11H22O2/c1-10(2)12-8-6-5-7-9-13-11(3)4/h5-6,10-11H,7-9H2,1-4H3. The van der Waals surface area contributed by atoms with Gasteiger partial charge in [0.1, 0.15) is 0 Å². The maximum atomic E-state index is 5.38. The van der Waals surface area contributed by atoms with E-state index in [-0.39, 0.29) is 0 Å². The second kappa shape index (κ2) is 8.27. The molecule has 0 saturated carbocycles. The average Bonchev–Trinajstić information content (AvgIpc) is 2.01. The van der Waals surface area contributed by atoms with Crippen molar-refractivity contribution in [3.63, 3.8) is 0 Å². The zero-order valence-corrected chi connectivity index (χ0v) is 9.25. The van der Waals surface area contributed by atoms with E-state index in [0.717, 1.165) is 13.0 Å². The highest BCUT2D eigenvalue weighted by molar-refractivity contribution is 4.81. The first-order valence-corrected chi connectivity index (χ1v) is 5.01. The monoisotopic (exact) mass is 186 g/mol. The third kappa shape index (κ3) is 11.7. The van der Waals surface area contributed by atoms with Crippen molar-refractivity contribution in [2.24, 2.45) is 0 Å². The van der Waals surface area contributed by atoms with Crippen molar-refractivity contribution in [2.75, 3.05) is 13.2 Å². The van der Waals surface area contributed by atoms with E-state index in [9.17, 15) is 0 Å². The Balaban J connectivity index is 3.13. The van der Waals surface area contributed by atoms with Gasteiger partial charge in [-0.15, -0.1) is 0 Å². The van der Waals surface area contributed by atoms with Gasteiger partial charge in [0.05, 0.1) is 25.4 Å². The van der Waals surface area contributed by atoms with Gasteiger partial charge in [-0.25, -0.2) is 0 Å². The molecule has 78 valence electrons. The summed E-state index contributed by atoms with van der Waals surface area (Å²) in [6.07, 6.45) is 5.77. The van der Waals surface area contributed by atoms with Crippen LogP contribution >= 0.6 is 0 Å². The van der Waals surface area contributed by atoms with Crippen molar-refractivity contribution in [1.82, 2.24) is 0 Å². The summed E-state index contributed by atoms with van der Waals surface area (Å²) in [5.74, 6) is 0. The molecular weight excluding hydrogens is 164 g/mol. The van der Waals surface area contributed by atoms with E-state index in [0.29, 0.717) is 18.8 Å². The predicted octanol–water partition coefficient (Wildman–Crippen LogP) is 2.78. The molecule has 0 N–H and O–H groups in total. The molecule has 0 amide bonds. The van der Waals surface area contributed by atoms with E-state index >= 15 is 0 Å². The highest BCUT2D eigenvalue weighted by Gasteiger charge is 1.90. The van der Waals surface area contributed by atoms with Gasteiger partial charge in [0.25, 0.3) is 0 Å². The third-order valence-corrected chi connectivity index (χ3v) is 1.43. The first-order chi connectivity index (χ1) is 6.13. The highest BCUT2D eigenvalue weighted by atomic mass is 16.5. The van der Waals surface area contributed by atoms with Crippen LogP contribution in [-0.4, -0.2) is 25.4 Å². The van der Waals surface area contributed by atoms with E-state index in [1.54, 1.807) is 0 Å². The molecule has 0 aromatic heterocycles. The van der Waals surface area contributed by atoms with Gasteiger partial charge in [-0.3, -0.25) is 0 Å². The summed E-state index contributed by atoms with van der Waals surface area (Å²) >= 11 is 0. The maximum Gasteiger partial charge on any atom is 0.0650 e. The first kappa shape index (κ1) is 12.7. The Hall–Kier alpha value is -0.340. The van der Waals surface area contributed by atoms with E-state index in [1.807, 2.05) is 33.8 Å². The minimum atomic E-state index is 0.316. The molecule has 0 aliphatic carbocycles. The molecule has 13 heavy (non-hydrogen) atoms. The molecule has 0 fully saturated rings. The lowest BCUT2D eigenvalue weighted by Crippen LogP contribution is -2.03. The van der Waals surface area contributed by atoms with Crippen molar-refractivity contribution in [2.45, 2.75) is 46.3 Å². The molecule has 0 heterocycles. The maximum absolute atomic E-state index is 5.38. The lowest BCUT2D eigenvalue weighted by molar-refractivity contribution is 0.0820. The van der Waals surface area contributed by atoms with Crippen LogP contribution < -0.4 is 0 Å². The van der Waals surface area contributed by atoms with Crippen LogP contribution in [0.25, 0.3) is 0 Å². The van der Waals surface area contributed by atoms with Crippen LogP contribution in [-0.2, 0) is 9.47 Å². The van der Waals surface area contributed by atoms with E-state index < -0.39 is 0 Å². The lowest BCUT2D eigenvalue weighted by atomic mass is 10.4. The first-order valence-electron chi connectivity index (χ1n) is 5.01. The van der Waals surface area contributed by atoms with Gasteiger partial charge < -0.3 is 9.47 Å². The quantitative estimate of drug-likeness (QED) is 0.449. The third-order valence-electron chi connectivity index (χ3n) is 1.43. The SMILES string of the molecule is CC(C)OCC=CCCOC(C)C. The average molecular weight is 186 g/mol. The van der Waals surface area contributed by atoms with Crippen molar-refractivity contribution >= 4 is 0 Å². The van der Waals surface area contributed by atoms with Gasteiger partial charge in [0, 0.05) is 0 Å². The normalized spacial score (nSPS) is 12.2. The van der Waals surface area contributed by atoms with Crippen LogP contribution in [0.15, 0.2) is 12.2 Å². The Kier molecular flexibility index (Phi) is 8.05. The Labute approximate surface area is 81.9 Å². The smallest absolute Gasteiger partial charge is 0.0650 e. The Morgan fingerprint density at radius 1 is 0.923 bits per heavy atom. The fraction of sp³-hybridized carbons (Fsp3) is 0.818. The summed E-state index contributed by atoms with van der Waals surface area (Å²) in [5, 5.41) is 0. The zero-order chi connectivity index (χ0) is 10.1. The second-order valence-corrected chi connectivity index (χ2v) is 3.56. The summed E-state index contributed by atoms with van der Waals surface area (Å²) in [6, 6.07) is 0. The van der Waals surface area contributed by atoms with E-state index in [1.165, 1.54) is 0 Å². The van der Waals surface area contributed by atoms with E-state index in [2.05, 4.69) is 6.08 Å². The van der Waals surface area contributed by atoms with Gasteiger partial charge >= 0.3 is 0 Å². The summed E-state index contributed by atoms with van der Waals surface area (Å²) in [5.41, 5.74) is 0. The molecule has 0 aliphatic rings. The predicted molar refractivity (Wildman–Crippen MR) is 55.9 cm³/mol. The summed E-state index contributed by atoms with van der Waals surface area (Å²) in [6.45, 7) is 9.68. The molecule has 0 unspecified atom stereocenters. The zero-order valence-electron chi connectivity index (χ0n) is 9.25. The Morgan fingerprint density at radius 2 is 1.54 bits per heavy atom.